The lowest BCUT2D eigenvalue weighted by atomic mass is 9.78. The lowest BCUT2D eigenvalue weighted by Crippen LogP contribution is -2.55. The third kappa shape index (κ3) is 2.47. The van der Waals surface area contributed by atoms with Crippen LogP contribution in [-0.4, -0.2) is 17.3 Å². The summed E-state index contributed by atoms with van der Waals surface area (Å²) in [7, 11) is 0. The summed E-state index contributed by atoms with van der Waals surface area (Å²) in [6, 6.07) is 7.76. The van der Waals surface area contributed by atoms with Crippen molar-refractivity contribution in [2.45, 2.75) is 38.1 Å². The Kier molecular flexibility index (Phi) is 3.72. The smallest absolute Gasteiger partial charge is 0.252 e. The quantitative estimate of drug-likeness (QED) is 0.819. The highest BCUT2D eigenvalue weighted by Gasteiger charge is 2.37. The topological polar surface area (TPSA) is 29.1 Å². The lowest BCUT2D eigenvalue weighted by Gasteiger charge is -2.41. The van der Waals surface area contributed by atoms with Crippen molar-refractivity contribution < 1.29 is 4.79 Å². The summed E-state index contributed by atoms with van der Waals surface area (Å²) in [6.45, 7) is 2.06. The molecule has 0 unspecified atom stereocenters. The molecule has 1 fully saturated rings. The Morgan fingerprint density at radius 3 is 2.65 bits per heavy atom. The van der Waals surface area contributed by atoms with E-state index in [-0.39, 0.29) is 11.4 Å². The van der Waals surface area contributed by atoms with Crippen molar-refractivity contribution >= 4 is 17.5 Å². The minimum atomic E-state index is -0.153. The van der Waals surface area contributed by atoms with Crippen LogP contribution in [0.15, 0.2) is 24.3 Å². The molecule has 0 atom stereocenters. The Labute approximate surface area is 107 Å². The molecule has 1 amide bonds. The largest absolute Gasteiger partial charge is 0.345 e. The van der Waals surface area contributed by atoms with Crippen LogP contribution >= 0.6 is 11.6 Å². The van der Waals surface area contributed by atoms with Crippen molar-refractivity contribution in [3.05, 3.63) is 35.4 Å². The van der Waals surface area contributed by atoms with E-state index in [1.54, 1.807) is 0 Å². The molecule has 0 spiro atoms. The predicted octanol–water partition coefficient (Wildman–Crippen LogP) is 3.14. The number of rotatable bonds is 4. The van der Waals surface area contributed by atoms with Gasteiger partial charge in [0.2, 0.25) is 0 Å². The maximum atomic E-state index is 12.2. The molecule has 3 heteroatoms. The van der Waals surface area contributed by atoms with Crippen LogP contribution in [0.4, 0.5) is 0 Å². The van der Waals surface area contributed by atoms with Crippen LogP contribution in [0.3, 0.4) is 0 Å². The SMILES string of the molecule is CCc1ccccc1C(=O)NC1(CCl)CCC1. The van der Waals surface area contributed by atoms with Crippen molar-refractivity contribution in [1.82, 2.24) is 5.32 Å². The number of alkyl halides is 1. The van der Waals surface area contributed by atoms with Gasteiger partial charge in [0.1, 0.15) is 0 Å². The van der Waals surface area contributed by atoms with Gasteiger partial charge >= 0.3 is 0 Å². The molecule has 0 aliphatic heterocycles. The molecule has 0 heterocycles. The number of aryl methyl sites for hydroxylation is 1. The highest BCUT2D eigenvalue weighted by Crippen LogP contribution is 2.33. The second-order valence-corrected chi connectivity index (χ2v) is 5.00. The standard InChI is InChI=1S/C14H18ClNO/c1-2-11-6-3-4-7-12(11)13(17)16-14(10-15)8-5-9-14/h3-4,6-7H,2,5,8-10H2,1H3,(H,16,17). The van der Waals surface area contributed by atoms with Crippen LogP contribution in [0.1, 0.15) is 42.1 Å². The van der Waals surface area contributed by atoms with Crippen molar-refractivity contribution in [3.63, 3.8) is 0 Å². The van der Waals surface area contributed by atoms with Crippen molar-refractivity contribution in [2.24, 2.45) is 0 Å². The Morgan fingerprint density at radius 1 is 1.41 bits per heavy atom. The summed E-state index contributed by atoms with van der Waals surface area (Å²) in [5.41, 5.74) is 1.72. The number of hydrogen-bond acceptors (Lipinski definition) is 1. The van der Waals surface area contributed by atoms with E-state index >= 15 is 0 Å². The number of carbonyl (C=O) groups excluding carboxylic acids is 1. The van der Waals surface area contributed by atoms with Gasteiger partial charge in [-0.25, -0.2) is 0 Å². The van der Waals surface area contributed by atoms with E-state index in [0.29, 0.717) is 5.88 Å². The second kappa shape index (κ2) is 5.09. The highest BCUT2D eigenvalue weighted by atomic mass is 35.5. The van der Waals surface area contributed by atoms with Gasteiger partial charge in [-0.1, -0.05) is 25.1 Å². The fourth-order valence-corrected chi connectivity index (χ4v) is 2.59. The highest BCUT2D eigenvalue weighted by molar-refractivity contribution is 6.19. The molecule has 1 aromatic carbocycles. The van der Waals surface area contributed by atoms with E-state index in [9.17, 15) is 4.79 Å². The third-order valence-electron chi connectivity index (χ3n) is 3.59. The van der Waals surface area contributed by atoms with E-state index in [0.717, 1.165) is 36.8 Å². The van der Waals surface area contributed by atoms with Gasteiger partial charge in [-0.05, 0) is 37.3 Å². The molecule has 0 saturated heterocycles. The summed E-state index contributed by atoms with van der Waals surface area (Å²) in [4.78, 5) is 12.2. The first-order chi connectivity index (χ1) is 8.21. The molecule has 17 heavy (non-hydrogen) atoms. The molecule has 1 aliphatic carbocycles. The Balaban J connectivity index is 2.14. The van der Waals surface area contributed by atoms with Crippen molar-refractivity contribution in [2.75, 3.05) is 5.88 Å². The zero-order valence-corrected chi connectivity index (χ0v) is 10.9. The van der Waals surface area contributed by atoms with Gasteiger partial charge in [0.25, 0.3) is 5.91 Å². The number of amides is 1. The zero-order valence-electron chi connectivity index (χ0n) is 10.1. The van der Waals surface area contributed by atoms with Gasteiger partial charge in [-0.3, -0.25) is 4.79 Å². The van der Waals surface area contributed by atoms with E-state index in [1.807, 2.05) is 24.3 Å². The van der Waals surface area contributed by atoms with Crippen LogP contribution in [0.25, 0.3) is 0 Å². The van der Waals surface area contributed by atoms with Gasteiger partial charge in [-0.2, -0.15) is 0 Å². The van der Waals surface area contributed by atoms with Crippen LogP contribution in [0.5, 0.6) is 0 Å². The van der Waals surface area contributed by atoms with E-state index < -0.39 is 0 Å². The zero-order chi connectivity index (χ0) is 12.3. The molecular weight excluding hydrogens is 234 g/mol. The molecule has 0 aromatic heterocycles. The second-order valence-electron chi connectivity index (χ2n) is 4.73. The molecule has 2 rings (SSSR count). The molecule has 1 aliphatic rings. The van der Waals surface area contributed by atoms with Crippen molar-refractivity contribution in [1.29, 1.82) is 0 Å². The van der Waals surface area contributed by atoms with Crippen LogP contribution in [0.2, 0.25) is 0 Å². The number of halogens is 1. The van der Waals surface area contributed by atoms with Crippen molar-refractivity contribution in [3.8, 4) is 0 Å². The molecule has 0 bridgehead atoms. The number of nitrogens with one attached hydrogen (secondary N) is 1. The monoisotopic (exact) mass is 251 g/mol. The fourth-order valence-electron chi connectivity index (χ4n) is 2.25. The number of carbonyl (C=O) groups is 1. The van der Waals surface area contributed by atoms with Gasteiger partial charge in [0, 0.05) is 11.4 Å². The Morgan fingerprint density at radius 2 is 2.12 bits per heavy atom. The van der Waals surface area contributed by atoms with Crippen LogP contribution in [-0.2, 0) is 6.42 Å². The number of benzene rings is 1. The van der Waals surface area contributed by atoms with Crippen LogP contribution < -0.4 is 5.32 Å². The molecular formula is C14H18ClNO. The molecule has 0 radical (unpaired) electrons. The first kappa shape index (κ1) is 12.4. The first-order valence-electron chi connectivity index (χ1n) is 6.17. The first-order valence-corrected chi connectivity index (χ1v) is 6.70. The third-order valence-corrected chi connectivity index (χ3v) is 4.10. The summed E-state index contributed by atoms with van der Waals surface area (Å²) in [5.74, 6) is 0.523. The average Bonchev–Trinajstić information content (AvgIpc) is 2.33. The lowest BCUT2D eigenvalue weighted by molar-refractivity contribution is 0.0853. The van der Waals surface area contributed by atoms with E-state index in [4.69, 9.17) is 11.6 Å². The molecule has 1 aromatic rings. The predicted molar refractivity (Wildman–Crippen MR) is 70.6 cm³/mol. The molecule has 2 nitrogen and oxygen atoms in total. The van der Waals surface area contributed by atoms with E-state index in [2.05, 4.69) is 12.2 Å². The fraction of sp³-hybridized carbons (Fsp3) is 0.500. The molecule has 92 valence electrons. The Hall–Kier alpha value is -1.02. The maximum absolute atomic E-state index is 12.2. The van der Waals surface area contributed by atoms with Gasteiger partial charge in [0.05, 0.1) is 5.54 Å². The van der Waals surface area contributed by atoms with Crippen LogP contribution in [0, 0.1) is 0 Å². The minimum Gasteiger partial charge on any atom is -0.345 e. The van der Waals surface area contributed by atoms with Gasteiger partial charge in [-0.15, -0.1) is 11.6 Å². The Bertz CT molecular complexity index is 407. The summed E-state index contributed by atoms with van der Waals surface area (Å²) >= 11 is 5.95. The molecule has 1 N–H and O–H groups in total. The van der Waals surface area contributed by atoms with E-state index in [1.165, 1.54) is 0 Å². The van der Waals surface area contributed by atoms with Gasteiger partial charge in [0.15, 0.2) is 0 Å². The minimum absolute atomic E-state index is 0.0165. The number of hydrogen-bond donors (Lipinski definition) is 1. The normalized spacial score (nSPS) is 17.3. The maximum Gasteiger partial charge on any atom is 0.252 e. The average molecular weight is 252 g/mol. The summed E-state index contributed by atoms with van der Waals surface area (Å²) in [5, 5.41) is 3.10. The molecule has 1 saturated carbocycles. The summed E-state index contributed by atoms with van der Waals surface area (Å²) < 4.78 is 0. The summed E-state index contributed by atoms with van der Waals surface area (Å²) in [6.07, 6.45) is 4.02. The van der Waals surface area contributed by atoms with Gasteiger partial charge < -0.3 is 5.32 Å².